The first-order valence-corrected chi connectivity index (χ1v) is 8.02. The Morgan fingerprint density at radius 3 is 2.55 bits per heavy atom. The Hall–Kier alpha value is -1.31. The summed E-state index contributed by atoms with van der Waals surface area (Å²) in [6, 6.07) is 3.34. The van der Waals surface area contributed by atoms with E-state index in [2.05, 4.69) is 22.6 Å². The molecule has 0 radical (unpaired) electrons. The summed E-state index contributed by atoms with van der Waals surface area (Å²) in [7, 11) is 1.52. The van der Waals surface area contributed by atoms with Crippen molar-refractivity contribution < 1.29 is 23.8 Å². The molecule has 0 aromatic heterocycles. The van der Waals surface area contributed by atoms with Gasteiger partial charge < -0.3 is 14.2 Å². The van der Waals surface area contributed by atoms with Crippen molar-refractivity contribution in [3.05, 3.63) is 21.3 Å². The van der Waals surface area contributed by atoms with E-state index in [0.717, 1.165) is 9.86 Å². The smallest absolute Gasteiger partial charge is 0.306 e. The molecule has 0 bridgehead atoms. The molecule has 0 fully saturated rings. The quantitative estimate of drug-likeness (QED) is 0.292. The fourth-order valence-electron chi connectivity index (χ4n) is 1.73. The Balaban J connectivity index is 2.55. The van der Waals surface area contributed by atoms with E-state index in [1.165, 1.54) is 7.11 Å². The number of halogens is 1. The highest BCUT2D eigenvalue weighted by atomic mass is 127. The zero-order valence-electron chi connectivity index (χ0n) is 13.3. The lowest BCUT2D eigenvalue weighted by atomic mass is 10.2. The monoisotopic (exact) mass is 420 g/mol. The van der Waals surface area contributed by atoms with Crippen LogP contribution >= 0.6 is 22.6 Å². The van der Waals surface area contributed by atoms with Crippen molar-refractivity contribution in [2.24, 2.45) is 0 Å². The zero-order chi connectivity index (χ0) is 16.8. The molecule has 6 heteroatoms. The van der Waals surface area contributed by atoms with Crippen LogP contribution < -0.4 is 9.47 Å². The van der Waals surface area contributed by atoms with Crippen molar-refractivity contribution in [2.45, 2.75) is 39.2 Å². The summed E-state index contributed by atoms with van der Waals surface area (Å²) in [5.41, 5.74) is 0.0589. The summed E-state index contributed by atoms with van der Waals surface area (Å²) >= 11 is 2.09. The van der Waals surface area contributed by atoms with Crippen molar-refractivity contribution >= 4 is 34.8 Å². The molecule has 1 aromatic carbocycles. The minimum absolute atomic E-state index is 0.242. The molecule has 0 aliphatic carbocycles. The third kappa shape index (κ3) is 6.21. The molecule has 0 aliphatic heterocycles. The molecule has 0 saturated heterocycles. The molecule has 0 amide bonds. The number of benzene rings is 1. The van der Waals surface area contributed by atoms with Gasteiger partial charge in [0.05, 0.1) is 17.3 Å². The maximum atomic E-state index is 11.6. The van der Waals surface area contributed by atoms with Gasteiger partial charge in [-0.25, -0.2) is 0 Å². The lowest BCUT2D eigenvalue weighted by molar-refractivity contribution is -0.155. The molecule has 22 heavy (non-hydrogen) atoms. The number of carbonyl (C=O) groups is 2. The number of hydrogen-bond acceptors (Lipinski definition) is 5. The zero-order valence-corrected chi connectivity index (χ0v) is 15.4. The fraction of sp³-hybridized carbons (Fsp3) is 0.500. The highest BCUT2D eigenvalue weighted by Crippen LogP contribution is 2.33. The summed E-state index contributed by atoms with van der Waals surface area (Å²) in [4.78, 5) is 22.4. The molecule has 122 valence electrons. The number of hydrogen-bond donors (Lipinski definition) is 0. The van der Waals surface area contributed by atoms with Crippen LogP contribution in [0.4, 0.5) is 0 Å². The number of ether oxygens (including phenoxy) is 3. The first kappa shape index (κ1) is 18.7. The minimum atomic E-state index is -0.471. The van der Waals surface area contributed by atoms with Crippen LogP contribution in [0.25, 0.3) is 0 Å². The van der Waals surface area contributed by atoms with Crippen LogP contribution in [0.3, 0.4) is 0 Å². The van der Waals surface area contributed by atoms with Crippen molar-refractivity contribution in [3.63, 3.8) is 0 Å². The van der Waals surface area contributed by atoms with E-state index in [0.29, 0.717) is 36.5 Å². The van der Waals surface area contributed by atoms with Crippen molar-refractivity contribution in [1.82, 2.24) is 0 Å². The Morgan fingerprint density at radius 2 is 2.00 bits per heavy atom. The van der Waals surface area contributed by atoms with Crippen molar-refractivity contribution in [1.29, 1.82) is 0 Å². The lowest BCUT2D eigenvalue weighted by Crippen LogP contribution is -2.24. The maximum Gasteiger partial charge on any atom is 0.306 e. The molecule has 0 atom stereocenters. The summed E-state index contributed by atoms with van der Waals surface area (Å²) in [6.45, 7) is 5.88. The van der Waals surface area contributed by atoms with Gasteiger partial charge in [0.15, 0.2) is 11.5 Å². The number of esters is 1. The molecule has 5 nitrogen and oxygen atoms in total. The summed E-state index contributed by atoms with van der Waals surface area (Å²) in [5, 5.41) is 0. The van der Waals surface area contributed by atoms with Gasteiger partial charge in [-0.2, -0.15) is 0 Å². The van der Waals surface area contributed by atoms with Gasteiger partial charge in [-0.05, 0) is 61.9 Å². The van der Waals surface area contributed by atoms with E-state index >= 15 is 0 Å². The first-order chi connectivity index (χ1) is 10.3. The largest absolute Gasteiger partial charge is 0.493 e. The van der Waals surface area contributed by atoms with E-state index in [-0.39, 0.29) is 5.97 Å². The Morgan fingerprint density at radius 1 is 1.32 bits per heavy atom. The molecule has 1 rings (SSSR count). The van der Waals surface area contributed by atoms with Gasteiger partial charge in [-0.3, -0.25) is 9.59 Å². The van der Waals surface area contributed by atoms with Crippen LogP contribution in [-0.4, -0.2) is 31.6 Å². The highest BCUT2D eigenvalue weighted by Gasteiger charge is 2.16. The maximum absolute atomic E-state index is 11.6. The van der Waals surface area contributed by atoms with Crippen molar-refractivity contribution in [3.8, 4) is 11.5 Å². The van der Waals surface area contributed by atoms with E-state index in [1.807, 2.05) is 20.8 Å². The Kier molecular flexibility index (Phi) is 7.12. The lowest BCUT2D eigenvalue weighted by Gasteiger charge is -2.19. The molecule has 0 aliphatic rings. The van der Waals surface area contributed by atoms with Gasteiger partial charge in [0.1, 0.15) is 11.9 Å². The fourth-order valence-corrected chi connectivity index (χ4v) is 2.51. The standard InChI is InChI=1S/C16H21IO5/c1-16(2,3)22-14(19)6-5-7-21-15-12(17)8-11(10-18)9-13(15)20-4/h8-10H,5-7H2,1-4H3. The van der Waals surface area contributed by atoms with Crippen LogP contribution in [0.1, 0.15) is 44.0 Å². The van der Waals surface area contributed by atoms with Gasteiger partial charge in [-0.15, -0.1) is 0 Å². The van der Waals surface area contributed by atoms with Gasteiger partial charge in [0, 0.05) is 12.0 Å². The third-order valence-corrected chi connectivity index (χ3v) is 3.38. The summed E-state index contributed by atoms with van der Waals surface area (Å²) in [6.07, 6.45) is 1.60. The second kappa shape index (κ2) is 8.36. The summed E-state index contributed by atoms with van der Waals surface area (Å²) in [5.74, 6) is 0.846. The van der Waals surface area contributed by atoms with E-state index in [1.54, 1.807) is 12.1 Å². The minimum Gasteiger partial charge on any atom is -0.493 e. The molecule has 1 aromatic rings. The average molecular weight is 420 g/mol. The van der Waals surface area contributed by atoms with Gasteiger partial charge in [0.25, 0.3) is 0 Å². The van der Waals surface area contributed by atoms with Crippen LogP contribution in [0.2, 0.25) is 0 Å². The third-order valence-electron chi connectivity index (χ3n) is 2.58. The molecule has 0 saturated carbocycles. The second-order valence-corrected chi connectivity index (χ2v) is 6.85. The normalized spacial score (nSPS) is 11.0. The molecule has 0 unspecified atom stereocenters. The van der Waals surface area contributed by atoms with Crippen LogP contribution in [0.5, 0.6) is 11.5 Å². The predicted molar refractivity (Wildman–Crippen MR) is 91.7 cm³/mol. The van der Waals surface area contributed by atoms with E-state index in [4.69, 9.17) is 14.2 Å². The number of carbonyl (C=O) groups excluding carboxylic acids is 2. The molecule has 0 spiro atoms. The number of aldehydes is 1. The van der Waals surface area contributed by atoms with E-state index < -0.39 is 5.60 Å². The number of rotatable bonds is 7. The second-order valence-electron chi connectivity index (χ2n) is 5.69. The van der Waals surface area contributed by atoms with Crippen molar-refractivity contribution in [2.75, 3.05) is 13.7 Å². The SMILES string of the molecule is COc1cc(C=O)cc(I)c1OCCCC(=O)OC(C)(C)C. The molecular formula is C16H21IO5. The molecular weight excluding hydrogens is 399 g/mol. The Bertz CT molecular complexity index is 534. The first-order valence-electron chi connectivity index (χ1n) is 6.94. The van der Waals surface area contributed by atoms with Crippen LogP contribution in [0.15, 0.2) is 12.1 Å². The topological polar surface area (TPSA) is 61.8 Å². The predicted octanol–water partition coefficient (Wildman–Crippen LogP) is 3.61. The highest BCUT2D eigenvalue weighted by molar-refractivity contribution is 14.1. The average Bonchev–Trinajstić information content (AvgIpc) is 2.42. The van der Waals surface area contributed by atoms with Crippen LogP contribution in [0, 0.1) is 3.57 Å². The number of methoxy groups -OCH3 is 1. The molecule has 0 N–H and O–H groups in total. The van der Waals surface area contributed by atoms with Gasteiger partial charge in [-0.1, -0.05) is 0 Å². The van der Waals surface area contributed by atoms with Gasteiger partial charge >= 0.3 is 5.97 Å². The van der Waals surface area contributed by atoms with Gasteiger partial charge in [0.2, 0.25) is 0 Å². The molecule has 0 heterocycles. The summed E-state index contributed by atoms with van der Waals surface area (Å²) < 4.78 is 16.9. The van der Waals surface area contributed by atoms with E-state index in [9.17, 15) is 9.59 Å². The Labute approximate surface area is 144 Å². The van der Waals surface area contributed by atoms with Crippen LogP contribution in [-0.2, 0) is 9.53 Å².